The molecule has 2 heterocycles. The number of nitrogens with zero attached hydrogens (tertiary/aromatic N) is 2. The highest BCUT2D eigenvalue weighted by atomic mass is 32.1. The third-order valence-corrected chi connectivity index (χ3v) is 11.2. The molecule has 1 atom stereocenters. The molecule has 0 aromatic carbocycles. The first-order valence-corrected chi connectivity index (χ1v) is 13.9. The van der Waals surface area contributed by atoms with Gasteiger partial charge in [0.05, 0.1) is 23.7 Å². The molecule has 1 aliphatic rings. The number of aliphatic hydroxyl groups excluding tert-OH is 1. The zero-order valence-electron chi connectivity index (χ0n) is 19.0. The van der Waals surface area contributed by atoms with E-state index in [2.05, 4.69) is 33.9 Å². The van der Waals surface area contributed by atoms with Gasteiger partial charge in [0.1, 0.15) is 11.7 Å². The van der Waals surface area contributed by atoms with Crippen LogP contribution in [0.5, 0.6) is 0 Å². The normalized spacial score (nSPS) is 18.0. The lowest BCUT2D eigenvalue weighted by atomic mass is 10.1. The fourth-order valence-corrected chi connectivity index (χ4v) is 4.96. The minimum absolute atomic E-state index is 0.104. The lowest BCUT2D eigenvalue weighted by molar-refractivity contribution is 0.00793. The van der Waals surface area contributed by atoms with Gasteiger partial charge >= 0.3 is 11.0 Å². The first-order valence-electron chi connectivity index (χ1n) is 10.1. The molecular formula is C20H36N2O5SSi. The molecule has 7 nitrogen and oxygen atoms in total. The number of carbonyl (C=O) groups is 1. The SMILES string of the molecule is CC(C)(C)OC(=O)N1Cc2c(sc(=O)n2CCCO[Si](C)(C)C(C)(C)C)C(O)C1. The topological polar surface area (TPSA) is 81.0 Å². The predicted octanol–water partition coefficient (Wildman–Crippen LogP) is 4.11. The molecule has 0 fully saturated rings. The second-order valence-corrected chi connectivity index (χ2v) is 16.0. The van der Waals surface area contributed by atoms with E-state index in [0.29, 0.717) is 30.1 Å². The summed E-state index contributed by atoms with van der Waals surface area (Å²) in [5.41, 5.74) is 0.0921. The summed E-state index contributed by atoms with van der Waals surface area (Å²) in [6.07, 6.45) is -0.639. The Bertz CT molecular complexity index is 788. The summed E-state index contributed by atoms with van der Waals surface area (Å²) in [5, 5.41) is 10.6. The maximum Gasteiger partial charge on any atom is 0.410 e. The Morgan fingerprint density at radius 3 is 2.41 bits per heavy atom. The summed E-state index contributed by atoms with van der Waals surface area (Å²) in [6, 6.07) is 0. The maximum absolute atomic E-state index is 12.5. The van der Waals surface area contributed by atoms with Crippen molar-refractivity contribution in [3.63, 3.8) is 0 Å². The zero-order valence-corrected chi connectivity index (χ0v) is 20.8. The number of ether oxygens (including phenoxy) is 1. The van der Waals surface area contributed by atoms with Crippen LogP contribution in [0, 0.1) is 0 Å². The van der Waals surface area contributed by atoms with Crippen molar-refractivity contribution in [2.45, 2.75) is 90.9 Å². The van der Waals surface area contributed by atoms with Gasteiger partial charge < -0.3 is 18.8 Å². The Balaban J connectivity index is 2.08. The second-order valence-electron chi connectivity index (χ2n) is 10.2. The molecule has 2 rings (SSSR count). The van der Waals surface area contributed by atoms with Crippen LogP contribution in [-0.4, -0.2) is 47.7 Å². The first-order chi connectivity index (χ1) is 13.1. The summed E-state index contributed by atoms with van der Waals surface area (Å²) in [5.74, 6) is 0. The number of fused-ring (bicyclic) bond motifs is 1. The van der Waals surface area contributed by atoms with Crippen LogP contribution in [0.2, 0.25) is 18.1 Å². The maximum atomic E-state index is 12.5. The average molecular weight is 445 g/mol. The van der Waals surface area contributed by atoms with E-state index in [-0.39, 0.29) is 23.0 Å². The smallest absolute Gasteiger partial charge is 0.410 e. The number of thiazole rings is 1. The fourth-order valence-electron chi connectivity index (χ4n) is 2.87. The standard InChI is InChI=1S/C20H36N2O5SSi/c1-19(2,3)27-17(24)21-12-14-16(15(23)13-21)28-18(25)22(14)10-9-11-26-29(7,8)20(4,5)6/h15,23H,9-13H2,1-8H3. The highest BCUT2D eigenvalue weighted by molar-refractivity contribution is 7.09. The molecule has 1 N–H and O–H groups in total. The lowest BCUT2D eigenvalue weighted by Gasteiger charge is -2.36. The number of aromatic nitrogens is 1. The Kier molecular flexibility index (Phi) is 7.09. The predicted molar refractivity (Wildman–Crippen MR) is 118 cm³/mol. The van der Waals surface area contributed by atoms with Gasteiger partial charge in [0.25, 0.3) is 0 Å². The summed E-state index contributed by atoms with van der Waals surface area (Å²) < 4.78 is 13.3. The Morgan fingerprint density at radius 2 is 1.86 bits per heavy atom. The molecule has 9 heteroatoms. The van der Waals surface area contributed by atoms with Crippen LogP contribution in [0.15, 0.2) is 4.79 Å². The van der Waals surface area contributed by atoms with Crippen molar-refractivity contribution < 1.29 is 19.1 Å². The first kappa shape index (κ1) is 24.1. The molecule has 1 aromatic heterocycles. The molecule has 0 bridgehead atoms. The van der Waals surface area contributed by atoms with E-state index in [1.165, 1.54) is 4.90 Å². The summed E-state index contributed by atoms with van der Waals surface area (Å²) in [4.78, 5) is 27.0. The van der Waals surface area contributed by atoms with E-state index in [0.717, 1.165) is 11.3 Å². The van der Waals surface area contributed by atoms with Crippen LogP contribution < -0.4 is 4.87 Å². The van der Waals surface area contributed by atoms with Crippen LogP contribution in [0.1, 0.15) is 64.6 Å². The van der Waals surface area contributed by atoms with Crippen molar-refractivity contribution >= 4 is 25.7 Å². The zero-order chi connectivity index (χ0) is 22.2. The third kappa shape index (κ3) is 5.93. The Hall–Kier alpha value is -1.16. The van der Waals surface area contributed by atoms with E-state index in [9.17, 15) is 14.7 Å². The summed E-state index contributed by atoms with van der Waals surface area (Å²) in [6.45, 7) is 17.9. The van der Waals surface area contributed by atoms with Crippen LogP contribution in [0.3, 0.4) is 0 Å². The molecule has 1 aliphatic heterocycles. The molecule has 1 unspecified atom stereocenters. The van der Waals surface area contributed by atoms with Gasteiger partial charge in [-0.3, -0.25) is 9.69 Å². The number of amides is 1. The van der Waals surface area contributed by atoms with Crippen molar-refractivity contribution in [1.82, 2.24) is 9.47 Å². The largest absolute Gasteiger partial charge is 0.444 e. The van der Waals surface area contributed by atoms with Gasteiger partial charge in [0.2, 0.25) is 0 Å². The van der Waals surface area contributed by atoms with Crippen molar-refractivity contribution in [3.05, 3.63) is 20.2 Å². The van der Waals surface area contributed by atoms with Crippen molar-refractivity contribution in [2.75, 3.05) is 13.2 Å². The van der Waals surface area contributed by atoms with E-state index in [1.807, 2.05) is 0 Å². The number of hydrogen-bond donors (Lipinski definition) is 1. The molecule has 0 spiro atoms. The molecule has 0 saturated heterocycles. The molecule has 1 aromatic rings. The van der Waals surface area contributed by atoms with Crippen molar-refractivity contribution in [1.29, 1.82) is 0 Å². The summed E-state index contributed by atoms with van der Waals surface area (Å²) >= 11 is 1.07. The monoisotopic (exact) mass is 444 g/mol. The second kappa shape index (κ2) is 8.53. The van der Waals surface area contributed by atoms with E-state index < -0.39 is 26.1 Å². The molecule has 0 radical (unpaired) electrons. The van der Waals surface area contributed by atoms with Crippen LogP contribution >= 0.6 is 11.3 Å². The number of hydrogen-bond acceptors (Lipinski definition) is 6. The van der Waals surface area contributed by atoms with Crippen LogP contribution in [0.4, 0.5) is 4.79 Å². The van der Waals surface area contributed by atoms with Gasteiger partial charge in [-0.1, -0.05) is 32.1 Å². The third-order valence-electron chi connectivity index (χ3n) is 5.51. The Morgan fingerprint density at radius 1 is 1.24 bits per heavy atom. The molecule has 166 valence electrons. The minimum atomic E-state index is -1.82. The highest BCUT2D eigenvalue weighted by Crippen LogP contribution is 2.36. The van der Waals surface area contributed by atoms with Gasteiger partial charge in [-0.2, -0.15) is 0 Å². The van der Waals surface area contributed by atoms with Crippen LogP contribution in [0.25, 0.3) is 0 Å². The molecule has 29 heavy (non-hydrogen) atoms. The summed E-state index contributed by atoms with van der Waals surface area (Å²) in [7, 11) is -1.82. The number of β-amino-alcohol motifs (C(OH)–C–C–N with tert-alkyl or cyclic N) is 1. The molecule has 0 saturated carbocycles. The van der Waals surface area contributed by atoms with Crippen molar-refractivity contribution in [3.8, 4) is 0 Å². The van der Waals surface area contributed by atoms with Crippen LogP contribution in [-0.2, 0) is 22.3 Å². The van der Waals surface area contributed by atoms with Gasteiger partial charge in [0.15, 0.2) is 8.32 Å². The average Bonchev–Trinajstić information content (AvgIpc) is 2.85. The number of carbonyl (C=O) groups excluding carboxylic acids is 1. The van der Waals surface area contributed by atoms with E-state index in [1.54, 1.807) is 25.3 Å². The lowest BCUT2D eigenvalue weighted by Crippen LogP contribution is -2.42. The van der Waals surface area contributed by atoms with Gasteiger partial charge in [-0.25, -0.2) is 4.79 Å². The minimum Gasteiger partial charge on any atom is -0.444 e. The van der Waals surface area contributed by atoms with E-state index >= 15 is 0 Å². The molecule has 0 aliphatic carbocycles. The number of rotatable bonds is 5. The van der Waals surface area contributed by atoms with Gasteiger partial charge in [0, 0.05) is 13.2 Å². The van der Waals surface area contributed by atoms with E-state index in [4.69, 9.17) is 9.16 Å². The highest BCUT2D eigenvalue weighted by Gasteiger charge is 2.37. The quantitative estimate of drug-likeness (QED) is 0.546. The number of aliphatic hydroxyl groups is 1. The molecule has 1 amide bonds. The van der Waals surface area contributed by atoms with Gasteiger partial charge in [-0.05, 0) is 45.3 Å². The van der Waals surface area contributed by atoms with Gasteiger partial charge in [-0.15, -0.1) is 0 Å². The van der Waals surface area contributed by atoms with Crippen molar-refractivity contribution in [2.24, 2.45) is 0 Å². The Labute approximate surface area is 178 Å². The fraction of sp³-hybridized carbons (Fsp3) is 0.800. The molecular weight excluding hydrogens is 408 g/mol.